The number of nitrogens with zero attached hydrogens (tertiary/aromatic N) is 1. The molecule has 1 fully saturated rings. The number of nitrogens with one attached hydrogen (secondary N) is 1. The van der Waals surface area contributed by atoms with Gasteiger partial charge in [0.05, 0.1) is 6.54 Å². The average Bonchev–Trinajstić information content (AvgIpc) is 2.29. The molecule has 92 valence electrons. The second-order valence-electron chi connectivity index (χ2n) is 3.66. The second kappa shape index (κ2) is 6.54. The molecular formula is C9H18N4O3. The summed E-state index contributed by atoms with van der Waals surface area (Å²) in [7, 11) is 0. The van der Waals surface area contributed by atoms with Crippen molar-refractivity contribution in [2.75, 3.05) is 39.3 Å². The van der Waals surface area contributed by atoms with E-state index in [1.165, 1.54) is 0 Å². The van der Waals surface area contributed by atoms with Crippen LogP contribution in [-0.4, -0.2) is 62.1 Å². The van der Waals surface area contributed by atoms with Gasteiger partial charge in [0.15, 0.2) is 0 Å². The van der Waals surface area contributed by atoms with Gasteiger partial charge in [-0.2, -0.15) is 0 Å². The zero-order valence-corrected chi connectivity index (χ0v) is 9.15. The standard InChI is InChI=1S/C9H18N4O3/c10-5-7(11)9(15)16-8(14)6-13-3-1-12-2-4-13/h7,12H,1-6,10-11H2. The maximum absolute atomic E-state index is 11.3. The van der Waals surface area contributed by atoms with Crippen molar-refractivity contribution in [3.63, 3.8) is 0 Å². The highest BCUT2D eigenvalue weighted by Gasteiger charge is 2.20. The lowest BCUT2D eigenvalue weighted by molar-refractivity contribution is -0.161. The Labute approximate surface area is 94.1 Å². The minimum absolute atomic E-state index is 0.0280. The fourth-order valence-corrected chi connectivity index (χ4v) is 1.37. The van der Waals surface area contributed by atoms with Crippen LogP contribution in [0.15, 0.2) is 0 Å². The first-order chi connectivity index (χ1) is 7.63. The Morgan fingerprint density at radius 3 is 2.56 bits per heavy atom. The van der Waals surface area contributed by atoms with Crippen molar-refractivity contribution in [2.24, 2.45) is 11.5 Å². The predicted molar refractivity (Wildman–Crippen MR) is 57.4 cm³/mol. The Kier molecular flexibility index (Phi) is 5.33. The molecule has 1 atom stereocenters. The number of esters is 2. The van der Waals surface area contributed by atoms with Crippen LogP contribution in [-0.2, 0) is 14.3 Å². The van der Waals surface area contributed by atoms with Gasteiger partial charge in [0.25, 0.3) is 0 Å². The van der Waals surface area contributed by atoms with Crippen LogP contribution in [0, 0.1) is 0 Å². The van der Waals surface area contributed by atoms with Gasteiger partial charge in [-0.05, 0) is 0 Å². The van der Waals surface area contributed by atoms with E-state index in [1.807, 2.05) is 4.90 Å². The molecular weight excluding hydrogens is 212 g/mol. The van der Waals surface area contributed by atoms with Gasteiger partial charge < -0.3 is 21.5 Å². The minimum atomic E-state index is -0.924. The number of ether oxygens (including phenoxy) is 1. The zero-order valence-electron chi connectivity index (χ0n) is 9.15. The Morgan fingerprint density at radius 1 is 1.38 bits per heavy atom. The number of piperazine rings is 1. The molecule has 0 amide bonds. The molecule has 0 aromatic heterocycles. The van der Waals surface area contributed by atoms with Gasteiger partial charge in [-0.3, -0.25) is 9.69 Å². The smallest absolute Gasteiger partial charge is 0.331 e. The largest absolute Gasteiger partial charge is 0.391 e. The van der Waals surface area contributed by atoms with Crippen LogP contribution in [0.5, 0.6) is 0 Å². The first-order valence-corrected chi connectivity index (χ1v) is 5.26. The molecule has 1 aliphatic heterocycles. The maximum Gasteiger partial charge on any atom is 0.331 e. The number of hydrogen-bond acceptors (Lipinski definition) is 7. The third kappa shape index (κ3) is 4.23. The van der Waals surface area contributed by atoms with Crippen molar-refractivity contribution >= 4 is 11.9 Å². The van der Waals surface area contributed by atoms with Crippen molar-refractivity contribution in [1.29, 1.82) is 0 Å². The second-order valence-corrected chi connectivity index (χ2v) is 3.66. The molecule has 0 aliphatic carbocycles. The zero-order chi connectivity index (χ0) is 12.0. The van der Waals surface area contributed by atoms with E-state index in [9.17, 15) is 9.59 Å². The lowest BCUT2D eigenvalue weighted by atomic mass is 10.3. The van der Waals surface area contributed by atoms with E-state index >= 15 is 0 Å². The van der Waals surface area contributed by atoms with E-state index in [0.717, 1.165) is 26.2 Å². The van der Waals surface area contributed by atoms with E-state index in [4.69, 9.17) is 11.5 Å². The van der Waals surface area contributed by atoms with E-state index in [1.54, 1.807) is 0 Å². The molecule has 1 rings (SSSR count). The SMILES string of the molecule is NCC(N)C(=O)OC(=O)CN1CCNCC1. The van der Waals surface area contributed by atoms with Gasteiger partial charge in [-0.1, -0.05) is 0 Å². The third-order valence-corrected chi connectivity index (χ3v) is 2.33. The summed E-state index contributed by atoms with van der Waals surface area (Å²) in [5.74, 6) is -1.33. The molecule has 0 aromatic rings. The van der Waals surface area contributed by atoms with Gasteiger partial charge in [-0.15, -0.1) is 0 Å². The molecule has 1 saturated heterocycles. The number of nitrogens with two attached hydrogens (primary N) is 2. The molecule has 1 aliphatic rings. The van der Waals surface area contributed by atoms with E-state index in [0.29, 0.717) is 0 Å². The van der Waals surface area contributed by atoms with E-state index in [-0.39, 0.29) is 13.1 Å². The molecule has 5 N–H and O–H groups in total. The molecule has 0 radical (unpaired) electrons. The van der Waals surface area contributed by atoms with Crippen LogP contribution in [0.25, 0.3) is 0 Å². The van der Waals surface area contributed by atoms with E-state index < -0.39 is 18.0 Å². The van der Waals surface area contributed by atoms with Crippen LogP contribution in [0.1, 0.15) is 0 Å². The van der Waals surface area contributed by atoms with Crippen molar-refractivity contribution in [3.8, 4) is 0 Å². The summed E-state index contributed by atoms with van der Waals surface area (Å²) < 4.78 is 4.56. The van der Waals surface area contributed by atoms with Gasteiger partial charge >= 0.3 is 11.9 Å². The summed E-state index contributed by atoms with van der Waals surface area (Å²) in [5.41, 5.74) is 10.5. The summed E-state index contributed by atoms with van der Waals surface area (Å²) in [5, 5.41) is 3.16. The van der Waals surface area contributed by atoms with Gasteiger partial charge in [-0.25, -0.2) is 4.79 Å². The first-order valence-electron chi connectivity index (χ1n) is 5.26. The quantitative estimate of drug-likeness (QED) is 0.354. The molecule has 1 unspecified atom stereocenters. The lowest BCUT2D eigenvalue weighted by Gasteiger charge is -2.25. The summed E-state index contributed by atoms with van der Waals surface area (Å²) in [6.45, 7) is 3.30. The highest BCUT2D eigenvalue weighted by atomic mass is 16.6. The average molecular weight is 230 g/mol. The highest BCUT2D eigenvalue weighted by Crippen LogP contribution is 1.94. The van der Waals surface area contributed by atoms with Crippen molar-refractivity contribution in [2.45, 2.75) is 6.04 Å². The third-order valence-electron chi connectivity index (χ3n) is 2.33. The molecule has 0 bridgehead atoms. The van der Waals surface area contributed by atoms with Gasteiger partial charge in [0.1, 0.15) is 6.04 Å². The normalized spacial score (nSPS) is 19.1. The molecule has 7 heteroatoms. The molecule has 0 saturated carbocycles. The Bertz CT molecular complexity index is 253. The fourth-order valence-electron chi connectivity index (χ4n) is 1.37. The van der Waals surface area contributed by atoms with Crippen LogP contribution < -0.4 is 16.8 Å². The fraction of sp³-hybridized carbons (Fsp3) is 0.778. The van der Waals surface area contributed by atoms with Crippen molar-refractivity contribution in [3.05, 3.63) is 0 Å². The molecule has 7 nitrogen and oxygen atoms in total. The highest BCUT2D eigenvalue weighted by molar-refractivity contribution is 5.89. The topological polar surface area (TPSA) is 111 Å². The number of carbonyl (C=O) groups excluding carboxylic acids is 2. The first kappa shape index (κ1) is 13.0. The molecule has 0 spiro atoms. The predicted octanol–water partition coefficient (Wildman–Crippen LogP) is -2.75. The molecule has 1 heterocycles. The molecule has 0 aromatic carbocycles. The summed E-state index contributed by atoms with van der Waals surface area (Å²) >= 11 is 0. The van der Waals surface area contributed by atoms with Gasteiger partial charge in [0.2, 0.25) is 0 Å². The Balaban J connectivity index is 2.26. The Morgan fingerprint density at radius 2 is 2.00 bits per heavy atom. The summed E-state index contributed by atoms with van der Waals surface area (Å²) in [4.78, 5) is 24.4. The van der Waals surface area contributed by atoms with Gasteiger partial charge in [0, 0.05) is 32.7 Å². The lowest BCUT2D eigenvalue weighted by Crippen LogP contribution is -2.47. The number of carbonyl (C=O) groups is 2. The maximum atomic E-state index is 11.3. The van der Waals surface area contributed by atoms with Crippen molar-refractivity contribution in [1.82, 2.24) is 10.2 Å². The summed E-state index contributed by atoms with van der Waals surface area (Å²) in [6.07, 6.45) is 0. The number of rotatable bonds is 4. The van der Waals surface area contributed by atoms with Crippen molar-refractivity contribution < 1.29 is 14.3 Å². The van der Waals surface area contributed by atoms with E-state index in [2.05, 4.69) is 10.1 Å². The van der Waals surface area contributed by atoms with Crippen LogP contribution in [0.2, 0.25) is 0 Å². The van der Waals surface area contributed by atoms with Crippen LogP contribution in [0.4, 0.5) is 0 Å². The van der Waals surface area contributed by atoms with Crippen LogP contribution >= 0.6 is 0 Å². The number of hydrogen-bond donors (Lipinski definition) is 3. The minimum Gasteiger partial charge on any atom is -0.391 e. The van der Waals surface area contributed by atoms with Crippen LogP contribution in [0.3, 0.4) is 0 Å². The molecule has 16 heavy (non-hydrogen) atoms. The summed E-state index contributed by atoms with van der Waals surface area (Å²) in [6, 6.07) is -0.924. The Hall–Kier alpha value is -1.02. The monoisotopic (exact) mass is 230 g/mol.